The standard InChI is InChI=1S/C22H17BrFN3O3S2/c1-25-19-12-16(7-8-18(19)23)20(28)27-9-10-32(29,30)22(24,14-27)21-26-13-17(31-21)11-15-5-3-2-4-6-15/h2-8,12-13H,9-11,14H2/t22-/m0/s1. The summed E-state index contributed by atoms with van der Waals surface area (Å²) in [6.45, 7) is 6.43. The topological polar surface area (TPSA) is 71.7 Å². The van der Waals surface area contributed by atoms with Crippen molar-refractivity contribution in [2.24, 2.45) is 0 Å². The third-order valence-electron chi connectivity index (χ3n) is 5.21. The van der Waals surface area contributed by atoms with Crippen LogP contribution in [0.5, 0.6) is 0 Å². The minimum atomic E-state index is -4.17. The number of aromatic nitrogens is 1. The summed E-state index contributed by atoms with van der Waals surface area (Å²) in [5.41, 5.74) is 1.45. The van der Waals surface area contributed by atoms with Crippen LogP contribution in [0.4, 0.5) is 10.1 Å². The van der Waals surface area contributed by atoms with Crippen molar-refractivity contribution in [2.45, 2.75) is 11.4 Å². The van der Waals surface area contributed by atoms with Gasteiger partial charge in [-0.3, -0.25) is 4.79 Å². The second-order valence-electron chi connectivity index (χ2n) is 7.35. The summed E-state index contributed by atoms with van der Waals surface area (Å²) in [6.07, 6.45) is 2.00. The Kier molecular flexibility index (Phi) is 6.16. The van der Waals surface area contributed by atoms with Crippen molar-refractivity contribution in [3.8, 4) is 0 Å². The molecule has 2 aromatic carbocycles. The smallest absolute Gasteiger partial charge is 0.278 e. The van der Waals surface area contributed by atoms with Gasteiger partial charge < -0.3 is 4.90 Å². The fraction of sp³-hybridized carbons (Fsp3) is 0.227. The number of carbonyl (C=O) groups is 1. The number of hydrogen-bond acceptors (Lipinski definition) is 5. The molecule has 164 valence electrons. The number of thiazole rings is 1. The number of sulfone groups is 1. The first kappa shape index (κ1) is 22.6. The average Bonchev–Trinajstić information content (AvgIpc) is 3.25. The number of halogens is 2. The molecule has 0 unspecified atom stereocenters. The normalized spacial score (nSPS) is 20.0. The van der Waals surface area contributed by atoms with E-state index in [1.807, 2.05) is 30.3 Å². The molecule has 1 saturated heterocycles. The van der Waals surface area contributed by atoms with Crippen molar-refractivity contribution in [3.63, 3.8) is 0 Å². The van der Waals surface area contributed by atoms with Gasteiger partial charge in [-0.1, -0.05) is 58.4 Å². The summed E-state index contributed by atoms with van der Waals surface area (Å²) in [7, 11) is -4.17. The van der Waals surface area contributed by atoms with E-state index in [0.717, 1.165) is 21.8 Å². The first-order valence-electron chi connectivity index (χ1n) is 9.60. The van der Waals surface area contributed by atoms with E-state index in [0.29, 0.717) is 10.9 Å². The number of benzene rings is 2. The van der Waals surface area contributed by atoms with Crippen molar-refractivity contribution in [1.82, 2.24) is 9.88 Å². The van der Waals surface area contributed by atoms with Gasteiger partial charge in [-0.2, -0.15) is 0 Å². The Morgan fingerprint density at radius 1 is 1.28 bits per heavy atom. The maximum Gasteiger partial charge on any atom is 0.278 e. The molecule has 4 rings (SSSR count). The molecule has 1 aromatic heterocycles. The Labute approximate surface area is 197 Å². The van der Waals surface area contributed by atoms with E-state index < -0.39 is 33.0 Å². The summed E-state index contributed by atoms with van der Waals surface area (Å²) < 4.78 is 42.1. The SMILES string of the molecule is [C-]#[N+]c1cc(C(=O)N2CCS(=O)(=O)[C@](F)(c3ncc(Cc4ccccc4)s3)C2)ccc1Br. The lowest BCUT2D eigenvalue weighted by molar-refractivity contribution is 0.0666. The molecule has 1 fully saturated rings. The van der Waals surface area contributed by atoms with Gasteiger partial charge in [0.1, 0.15) is 5.01 Å². The molecule has 32 heavy (non-hydrogen) atoms. The number of alkyl halides is 1. The first-order chi connectivity index (χ1) is 15.2. The predicted octanol–water partition coefficient (Wildman–Crippen LogP) is 4.74. The third-order valence-corrected chi connectivity index (χ3v) is 9.17. The number of nitrogens with zero attached hydrogens (tertiary/aromatic N) is 3. The van der Waals surface area contributed by atoms with Gasteiger partial charge >= 0.3 is 0 Å². The second kappa shape index (κ2) is 8.73. The van der Waals surface area contributed by atoms with E-state index in [1.54, 1.807) is 6.07 Å². The summed E-state index contributed by atoms with van der Waals surface area (Å²) in [4.78, 5) is 22.3. The summed E-state index contributed by atoms with van der Waals surface area (Å²) in [5, 5.41) is -2.95. The van der Waals surface area contributed by atoms with Gasteiger partial charge in [-0.25, -0.2) is 22.6 Å². The maximum atomic E-state index is 16.1. The largest absolute Gasteiger partial charge is 0.333 e. The Morgan fingerprint density at radius 2 is 2.03 bits per heavy atom. The van der Waals surface area contributed by atoms with Crippen LogP contribution in [-0.4, -0.2) is 43.1 Å². The number of carbonyl (C=O) groups excluding carboxylic acids is 1. The quantitative estimate of drug-likeness (QED) is 0.454. The van der Waals surface area contributed by atoms with Gasteiger partial charge in [0, 0.05) is 34.1 Å². The molecule has 1 atom stereocenters. The molecule has 3 aromatic rings. The molecule has 0 saturated carbocycles. The molecule has 0 bridgehead atoms. The average molecular weight is 534 g/mol. The van der Waals surface area contributed by atoms with E-state index in [2.05, 4.69) is 25.8 Å². The highest BCUT2D eigenvalue weighted by atomic mass is 79.9. The Bertz CT molecular complexity index is 1320. The molecule has 1 aliphatic heterocycles. The molecule has 0 spiro atoms. The van der Waals surface area contributed by atoms with Crippen molar-refractivity contribution >= 4 is 48.7 Å². The van der Waals surface area contributed by atoms with Crippen LogP contribution in [0, 0.1) is 6.57 Å². The monoisotopic (exact) mass is 533 g/mol. The maximum absolute atomic E-state index is 16.1. The lowest BCUT2D eigenvalue weighted by Gasteiger charge is -2.35. The van der Waals surface area contributed by atoms with Crippen LogP contribution >= 0.6 is 27.3 Å². The highest BCUT2D eigenvalue weighted by Gasteiger charge is 2.53. The van der Waals surface area contributed by atoms with Gasteiger partial charge in [0.2, 0.25) is 5.69 Å². The minimum Gasteiger partial charge on any atom is -0.333 e. The fourth-order valence-corrected chi connectivity index (χ4v) is 6.67. The molecule has 10 heteroatoms. The van der Waals surface area contributed by atoms with Gasteiger partial charge in [0.15, 0.2) is 9.84 Å². The number of rotatable bonds is 4. The van der Waals surface area contributed by atoms with Crippen molar-refractivity contribution in [2.75, 3.05) is 18.8 Å². The fourth-order valence-electron chi connectivity index (χ4n) is 3.46. The Balaban J connectivity index is 1.61. The first-order valence-corrected chi connectivity index (χ1v) is 12.9. The van der Waals surface area contributed by atoms with Gasteiger partial charge in [-0.05, 0) is 11.6 Å². The highest BCUT2D eigenvalue weighted by Crippen LogP contribution is 2.40. The third kappa shape index (κ3) is 4.20. The highest BCUT2D eigenvalue weighted by molar-refractivity contribution is 9.10. The molecule has 1 amide bonds. The van der Waals surface area contributed by atoms with E-state index in [1.165, 1.54) is 23.2 Å². The van der Waals surface area contributed by atoms with Crippen molar-refractivity contribution in [1.29, 1.82) is 0 Å². The van der Waals surface area contributed by atoms with Crippen LogP contribution < -0.4 is 0 Å². The zero-order valence-corrected chi connectivity index (χ0v) is 19.9. The Morgan fingerprint density at radius 3 is 2.75 bits per heavy atom. The Hall–Kier alpha value is -2.61. The predicted molar refractivity (Wildman–Crippen MR) is 124 cm³/mol. The van der Waals surface area contributed by atoms with Crippen LogP contribution in [0.1, 0.15) is 25.8 Å². The second-order valence-corrected chi connectivity index (χ2v) is 11.6. The molecular formula is C22H17BrFN3O3S2. The molecule has 1 aliphatic rings. The molecule has 0 radical (unpaired) electrons. The van der Waals surface area contributed by atoms with Crippen LogP contribution in [0.2, 0.25) is 0 Å². The molecule has 2 heterocycles. The lowest BCUT2D eigenvalue weighted by Crippen LogP contribution is -2.53. The molecule has 0 N–H and O–H groups in total. The number of hydrogen-bond donors (Lipinski definition) is 0. The summed E-state index contributed by atoms with van der Waals surface area (Å²) >= 11 is 4.24. The zero-order chi connectivity index (χ0) is 22.9. The van der Waals surface area contributed by atoms with Crippen LogP contribution in [0.25, 0.3) is 4.85 Å². The van der Waals surface area contributed by atoms with E-state index >= 15 is 4.39 Å². The minimum absolute atomic E-state index is 0.126. The van der Waals surface area contributed by atoms with Crippen LogP contribution in [0.15, 0.2) is 59.2 Å². The molecular weight excluding hydrogens is 517 g/mol. The van der Waals surface area contributed by atoms with Gasteiger partial charge in [0.05, 0.1) is 18.9 Å². The molecule has 6 nitrogen and oxygen atoms in total. The summed E-state index contributed by atoms with van der Waals surface area (Å²) in [6, 6.07) is 14.0. The molecule has 0 aliphatic carbocycles. The zero-order valence-electron chi connectivity index (χ0n) is 16.7. The van der Waals surface area contributed by atoms with E-state index in [4.69, 9.17) is 6.57 Å². The van der Waals surface area contributed by atoms with Crippen molar-refractivity contribution < 1.29 is 17.6 Å². The lowest BCUT2D eigenvalue weighted by atomic mass is 10.1. The van der Waals surface area contributed by atoms with Crippen molar-refractivity contribution in [3.05, 3.63) is 91.6 Å². The van der Waals surface area contributed by atoms with Gasteiger partial charge in [0.25, 0.3) is 10.9 Å². The van der Waals surface area contributed by atoms with Gasteiger partial charge in [-0.15, -0.1) is 11.3 Å². The number of amides is 1. The van der Waals surface area contributed by atoms with Crippen LogP contribution in [-0.2, 0) is 21.3 Å². The summed E-state index contributed by atoms with van der Waals surface area (Å²) in [5.74, 6) is -1.03. The van der Waals surface area contributed by atoms with Crippen LogP contribution in [0.3, 0.4) is 0 Å². The van der Waals surface area contributed by atoms with E-state index in [9.17, 15) is 13.2 Å². The van der Waals surface area contributed by atoms with E-state index in [-0.39, 0.29) is 22.8 Å².